The maximum Gasteiger partial charge on any atom is 0.347 e. The van der Waals surface area contributed by atoms with Crippen LogP contribution in [0.25, 0.3) is 22.4 Å². The summed E-state index contributed by atoms with van der Waals surface area (Å²) in [5.41, 5.74) is 1.69. The van der Waals surface area contributed by atoms with Gasteiger partial charge in [0.05, 0.1) is 10.9 Å². The van der Waals surface area contributed by atoms with Gasteiger partial charge in [0.25, 0.3) is 5.91 Å². The summed E-state index contributed by atoms with van der Waals surface area (Å²) >= 11 is 0. The summed E-state index contributed by atoms with van der Waals surface area (Å²) in [6.07, 6.45) is 0. The van der Waals surface area contributed by atoms with Gasteiger partial charge < -0.3 is 14.5 Å². The summed E-state index contributed by atoms with van der Waals surface area (Å²) in [5.74, 6) is -0.165. The van der Waals surface area contributed by atoms with Crippen LogP contribution in [0.3, 0.4) is 0 Å². The first kappa shape index (κ1) is 19.1. The molecule has 0 saturated heterocycles. The molecule has 30 heavy (non-hydrogen) atoms. The van der Waals surface area contributed by atoms with Crippen molar-refractivity contribution < 1.29 is 18.7 Å². The lowest BCUT2D eigenvalue weighted by Gasteiger charge is -2.07. The first-order valence-corrected chi connectivity index (χ1v) is 9.10. The molecular weight excluding hydrogens is 384 g/mol. The quantitative estimate of drug-likeness (QED) is 0.410. The molecule has 148 valence electrons. The third kappa shape index (κ3) is 4.10. The Labute approximate surface area is 170 Å². The number of nitrogens with zero attached hydrogens (tertiary/aromatic N) is 1. The van der Waals surface area contributed by atoms with Crippen LogP contribution in [0.15, 0.2) is 82.0 Å². The number of carbonyl (C=O) groups is 2. The van der Waals surface area contributed by atoms with Crippen molar-refractivity contribution in [1.29, 1.82) is 0 Å². The number of fused-ring (bicyclic) bond motifs is 1. The molecule has 0 spiro atoms. The van der Waals surface area contributed by atoms with Crippen LogP contribution in [0.4, 0.5) is 5.69 Å². The van der Waals surface area contributed by atoms with Crippen LogP contribution in [0.5, 0.6) is 5.75 Å². The lowest BCUT2D eigenvalue weighted by Crippen LogP contribution is -2.12. The molecule has 3 aromatic carbocycles. The standard InChI is InChI=1S/C23H16N2O5/c1-14(26)29-18-12-8-15(9-13-18)21(27)24-17-10-6-16(7-11-17)22-25-20-5-3-2-4-19(20)23(28)30-22/h2-13H,1H3,(H,24,27). The summed E-state index contributed by atoms with van der Waals surface area (Å²) < 4.78 is 10.3. The highest BCUT2D eigenvalue weighted by molar-refractivity contribution is 6.04. The second kappa shape index (κ2) is 8.00. The van der Waals surface area contributed by atoms with E-state index in [2.05, 4.69) is 10.3 Å². The highest BCUT2D eigenvalue weighted by atomic mass is 16.5. The van der Waals surface area contributed by atoms with Crippen molar-refractivity contribution in [3.05, 3.63) is 88.8 Å². The minimum Gasteiger partial charge on any atom is -0.427 e. The Bertz CT molecular complexity index is 1290. The molecule has 1 amide bonds. The van der Waals surface area contributed by atoms with E-state index in [1.54, 1.807) is 72.8 Å². The summed E-state index contributed by atoms with van der Waals surface area (Å²) in [7, 11) is 0. The predicted molar refractivity (Wildman–Crippen MR) is 111 cm³/mol. The van der Waals surface area contributed by atoms with Crippen molar-refractivity contribution in [2.75, 3.05) is 5.32 Å². The van der Waals surface area contributed by atoms with E-state index in [9.17, 15) is 14.4 Å². The molecule has 1 aromatic heterocycles. The average molecular weight is 400 g/mol. The van der Waals surface area contributed by atoms with Gasteiger partial charge in [0.1, 0.15) is 5.75 Å². The number of esters is 1. The predicted octanol–water partition coefficient (Wildman–Crippen LogP) is 4.03. The van der Waals surface area contributed by atoms with Gasteiger partial charge >= 0.3 is 11.6 Å². The third-order valence-electron chi connectivity index (χ3n) is 4.30. The van der Waals surface area contributed by atoms with Crippen molar-refractivity contribution in [2.24, 2.45) is 0 Å². The molecule has 7 nitrogen and oxygen atoms in total. The fourth-order valence-electron chi connectivity index (χ4n) is 2.88. The van der Waals surface area contributed by atoms with Gasteiger partial charge in [-0.1, -0.05) is 12.1 Å². The highest BCUT2D eigenvalue weighted by Gasteiger charge is 2.10. The first-order valence-electron chi connectivity index (χ1n) is 9.10. The topological polar surface area (TPSA) is 98.5 Å². The number of benzene rings is 3. The number of carbonyl (C=O) groups excluding carboxylic acids is 2. The Morgan fingerprint density at radius 1 is 0.933 bits per heavy atom. The fraction of sp³-hybridized carbons (Fsp3) is 0.0435. The van der Waals surface area contributed by atoms with Crippen LogP contribution in [0.2, 0.25) is 0 Å². The molecular formula is C23H16N2O5. The van der Waals surface area contributed by atoms with E-state index in [-0.39, 0.29) is 11.8 Å². The minimum absolute atomic E-state index is 0.206. The number of hydrogen-bond donors (Lipinski definition) is 1. The Balaban J connectivity index is 1.50. The number of anilines is 1. The van der Waals surface area contributed by atoms with Gasteiger partial charge in [-0.15, -0.1) is 0 Å². The molecule has 4 rings (SSSR count). The smallest absolute Gasteiger partial charge is 0.347 e. The van der Waals surface area contributed by atoms with Gasteiger partial charge in [-0.3, -0.25) is 9.59 Å². The molecule has 0 bridgehead atoms. The van der Waals surface area contributed by atoms with Crippen LogP contribution in [-0.4, -0.2) is 16.9 Å². The van der Waals surface area contributed by atoms with Crippen molar-refractivity contribution in [3.63, 3.8) is 0 Å². The van der Waals surface area contributed by atoms with Crippen LogP contribution in [-0.2, 0) is 4.79 Å². The Kier molecular flexibility index (Phi) is 5.09. The normalized spacial score (nSPS) is 10.6. The summed E-state index contributed by atoms with van der Waals surface area (Å²) in [5, 5.41) is 3.20. The zero-order chi connectivity index (χ0) is 21.1. The van der Waals surface area contributed by atoms with E-state index >= 15 is 0 Å². The molecule has 0 aliphatic carbocycles. The van der Waals surface area contributed by atoms with Crippen LogP contribution in [0, 0.1) is 0 Å². The van der Waals surface area contributed by atoms with Gasteiger partial charge in [0, 0.05) is 23.7 Å². The zero-order valence-corrected chi connectivity index (χ0v) is 15.9. The Hall–Kier alpha value is -4.26. The van der Waals surface area contributed by atoms with Gasteiger partial charge in [0.2, 0.25) is 5.89 Å². The van der Waals surface area contributed by atoms with E-state index in [1.807, 2.05) is 0 Å². The second-order valence-electron chi connectivity index (χ2n) is 6.47. The molecule has 0 fully saturated rings. The lowest BCUT2D eigenvalue weighted by molar-refractivity contribution is -0.131. The number of nitrogens with one attached hydrogen (secondary N) is 1. The number of hydrogen-bond acceptors (Lipinski definition) is 6. The second-order valence-corrected chi connectivity index (χ2v) is 6.47. The van der Waals surface area contributed by atoms with Crippen LogP contribution in [0.1, 0.15) is 17.3 Å². The lowest BCUT2D eigenvalue weighted by atomic mass is 10.1. The molecule has 7 heteroatoms. The first-order chi connectivity index (χ1) is 14.5. The molecule has 1 heterocycles. The van der Waals surface area contributed by atoms with Gasteiger partial charge in [-0.2, -0.15) is 0 Å². The summed E-state index contributed by atoms with van der Waals surface area (Å²) in [4.78, 5) is 39.9. The van der Waals surface area contributed by atoms with E-state index in [0.29, 0.717) is 33.5 Å². The number of aromatic nitrogens is 1. The van der Waals surface area contributed by atoms with E-state index in [0.717, 1.165) is 0 Å². The number of rotatable bonds is 4. The van der Waals surface area contributed by atoms with Crippen molar-refractivity contribution >= 4 is 28.5 Å². The van der Waals surface area contributed by atoms with Gasteiger partial charge in [0.15, 0.2) is 0 Å². The average Bonchev–Trinajstić information content (AvgIpc) is 2.74. The third-order valence-corrected chi connectivity index (χ3v) is 4.30. The van der Waals surface area contributed by atoms with Crippen LogP contribution >= 0.6 is 0 Å². The Morgan fingerprint density at radius 3 is 2.33 bits per heavy atom. The molecule has 0 aliphatic heterocycles. The largest absolute Gasteiger partial charge is 0.427 e. The van der Waals surface area contributed by atoms with Crippen molar-refractivity contribution in [1.82, 2.24) is 4.98 Å². The van der Waals surface area contributed by atoms with Crippen molar-refractivity contribution in [2.45, 2.75) is 6.92 Å². The van der Waals surface area contributed by atoms with E-state index in [1.165, 1.54) is 6.92 Å². The molecule has 1 N–H and O–H groups in total. The zero-order valence-electron chi connectivity index (χ0n) is 15.9. The molecule has 4 aromatic rings. The number of ether oxygens (including phenoxy) is 1. The number of amides is 1. The maximum atomic E-state index is 12.4. The minimum atomic E-state index is -0.454. The number of para-hydroxylation sites is 1. The Morgan fingerprint density at radius 2 is 1.63 bits per heavy atom. The van der Waals surface area contributed by atoms with Gasteiger partial charge in [-0.05, 0) is 60.7 Å². The van der Waals surface area contributed by atoms with E-state index in [4.69, 9.17) is 9.15 Å². The van der Waals surface area contributed by atoms with E-state index < -0.39 is 11.6 Å². The summed E-state index contributed by atoms with van der Waals surface area (Å²) in [6.45, 7) is 1.31. The highest BCUT2D eigenvalue weighted by Crippen LogP contribution is 2.21. The molecule has 0 atom stereocenters. The fourth-order valence-corrected chi connectivity index (χ4v) is 2.88. The SMILES string of the molecule is CC(=O)Oc1ccc(C(=O)Nc2ccc(-c3nc4ccccc4c(=O)o3)cc2)cc1. The van der Waals surface area contributed by atoms with Crippen molar-refractivity contribution in [3.8, 4) is 17.2 Å². The summed E-state index contributed by atoms with van der Waals surface area (Å²) in [6, 6.07) is 20.0. The monoisotopic (exact) mass is 400 g/mol. The maximum absolute atomic E-state index is 12.4. The molecule has 0 unspecified atom stereocenters. The molecule has 0 aliphatic rings. The van der Waals surface area contributed by atoms with Gasteiger partial charge in [-0.25, -0.2) is 9.78 Å². The molecule has 0 saturated carbocycles. The van der Waals surface area contributed by atoms with Crippen LogP contribution < -0.4 is 15.7 Å². The molecule has 0 radical (unpaired) electrons.